The molecule has 3 heteroatoms. The number of para-hydroxylation sites is 3. The fraction of sp³-hybridized carbons (Fsp3) is 0. The molecule has 0 unspecified atom stereocenters. The van der Waals surface area contributed by atoms with E-state index in [-0.39, 0.29) is 5.56 Å². The van der Waals surface area contributed by atoms with Crippen molar-refractivity contribution in [2.75, 3.05) is 0 Å². The topological polar surface area (TPSA) is 34.9 Å². The van der Waals surface area contributed by atoms with Gasteiger partial charge in [-0.3, -0.25) is 9.36 Å². The highest BCUT2D eigenvalue weighted by atomic mass is 16.1. The first-order chi connectivity index (χ1) is 11.3. The van der Waals surface area contributed by atoms with E-state index in [0.717, 1.165) is 22.3 Å². The number of hydrogen-bond acceptors (Lipinski definition) is 2. The molecular weight excluding hydrogens is 284 g/mol. The summed E-state index contributed by atoms with van der Waals surface area (Å²) in [6.45, 7) is 0. The Kier molecular flexibility index (Phi) is 3.24. The Balaban J connectivity index is 2.12. The van der Waals surface area contributed by atoms with E-state index in [1.807, 2.05) is 84.9 Å². The zero-order valence-electron chi connectivity index (χ0n) is 12.4. The van der Waals surface area contributed by atoms with E-state index in [1.165, 1.54) is 0 Å². The summed E-state index contributed by atoms with van der Waals surface area (Å²) in [4.78, 5) is 17.7. The van der Waals surface area contributed by atoms with Gasteiger partial charge in [-0.1, -0.05) is 60.7 Å². The van der Waals surface area contributed by atoms with Gasteiger partial charge in [0.05, 0.1) is 11.0 Å². The summed E-state index contributed by atoms with van der Waals surface area (Å²) in [6.07, 6.45) is 0. The van der Waals surface area contributed by atoms with Crippen molar-refractivity contribution >= 4 is 11.0 Å². The molecule has 1 aromatic heterocycles. The molecule has 0 aliphatic rings. The molecule has 4 aromatic rings. The van der Waals surface area contributed by atoms with Crippen molar-refractivity contribution < 1.29 is 0 Å². The lowest BCUT2D eigenvalue weighted by Gasteiger charge is -2.12. The van der Waals surface area contributed by atoms with Crippen molar-refractivity contribution in [2.24, 2.45) is 0 Å². The van der Waals surface area contributed by atoms with Gasteiger partial charge in [-0.25, -0.2) is 4.98 Å². The van der Waals surface area contributed by atoms with Gasteiger partial charge in [0.25, 0.3) is 5.56 Å². The minimum Gasteiger partial charge on any atom is -0.273 e. The van der Waals surface area contributed by atoms with E-state index < -0.39 is 0 Å². The highest BCUT2D eigenvalue weighted by molar-refractivity contribution is 5.79. The van der Waals surface area contributed by atoms with E-state index >= 15 is 0 Å². The average Bonchev–Trinajstić information content (AvgIpc) is 2.63. The molecule has 0 bridgehead atoms. The van der Waals surface area contributed by atoms with Gasteiger partial charge in [-0.05, 0) is 24.3 Å². The smallest absolute Gasteiger partial charge is 0.273 e. The van der Waals surface area contributed by atoms with E-state index in [4.69, 9.17) is 0 Å². The summed E-state index contributed by atoms with van der Waals surface area (Å²) < 4.78 is 1.73. The first-order valence-electron chi connectivity index (χ1n) is 7.47. The first kappa shape index (κ1) is 13.5. The zero-order chi connectivity index (χ0) is 15.6. The van der Waals surface area contributed by atoms with Crippen LogP contribution in [0.2, 0.25) is 0 Å². The highest BCUT2D eigenvalue weighted by Crippen LogP contribution is 2.20. The number of benzene rings is 3. The molecule has 0 amide bonds. The van der Waals surface area contributed by atoms with Gasteiger partial charge in [-0.15, -0.1) is 0 Å². The molecular formula is C20H14N2O. The molecule has 0 aliphatic heterocycles. The Bertz CT molecular complexity index is 1020. The molecule has 0 radical (unpaired) electrons. The SMILES string of the molecule is O=c1c(-c2ccccc2)nc2ccccc2n1-c1ccccc1. The Morgan fingerprint density at radius 2 is 1.30 bits per heavy atom. The third kappa shape index (κ3) is 2.32. The van der Waals surface area contributed by atoms with Gasteiger partial charge in [-0.2, -0.15) is 0 Å². The van der Waals surface area contributed by atoms with E-state index in [2.05, 4.69) is 4.98 Å². The van der Waals surface area contributed by atoms with E-state index in [1.54, 1.807) is 4.57 Å². The summed E-state index contributed by atoms with van der Waals surface area (Å²) in [7, 11) is 0. The van der Waals surface area contributed by atoms with Gasteiger partial charge in [0.2, 0.25) is 0 Å². The largest absolute Gasteiger partial charge is 0.282 e. The van der Waals surface area contributed by atoms with Crippen LogP contribution in [0.1, 0.15) is 0 Å². The van der Waals surface area contributed by atoms with Crippen molar-refractivity contribution in [3.63, 3.8) is 0 Å². The van der Waals surface area contributed by atoms with Crippen LogP contribution in [-0.4, -0.2) is 9.55 Å². The van der Waals surface area contributed by atoms with Crippen LogP contribution >= 0.6 is 0 Å². The second-order valence-electron chi connectivity index (χ2n) is 5.29. The van der Waals surface area contributed by atoms with E-state index in [0.29, 0.717) is 5.69 Å². The molecule has 0 aliphatic carbocycles. The molecule has 0 saturated carbocycles. The summed E-state index contributed by atoms with van der Waals surface area (Å²) in [5.74, 6) is 0. The summed E-state index contributed by atoms with van der Waals surface area (Å²) in [5.41, 5.74) is 3.63. The predicted molar refractivity (Wildman–Crippen MR) is 92.8 cm³/mol. The third-order valence-corrected chi connectivity index (χ3v) is 3.82. The van der Waals surface area contributed by atoms with Crippen molar-refractivity contribution in [3.8, 4) is 16.9 Å². The average molecular weight is 298 g/mol. The van der Waals surface area contributed by atoms with Gasteiger partial charge >= 0.3 is 0 Å². The Morgan fingerprint density at radius 3 is 2.04 bits per heavy atom. The lowest BCUT2D eigenvalue weighted by atomic mass is 10.1. The van der Waals surface area contributed by atoms with Crippen LogP contribution in [0.15, 0.2) is 89.7 Å². The maximum atomic E-state index is 13.1. The van der Waals surface area contributed by atoms with Crippen molar-refractivity contribution in [1.82, 2.24) is 9.55 Å². The Morgan fingerprint density at radius 1 is 0.696 bits per heavy atom. The van der Waals surface area contributed by atoms with Gasteiger partial charge in [0, 0.05) is 11.3 Å². The Hall–Kier alpha value is -3.20. The van der Waals surface area contributed by atoms with Gasteiger partial charge < -0.3 is 0 Å². The first-order valence-corrected chi connectivity index (χ1v) is 7.47. The maximum absolute atomic E-state index is 13.1. The Labute approximate surface area is 133 Å². The fourth-order valence-corrected chi connectivity index (χ4v) is 2.75. The molecule has 110 valence electrons. The molecule has 0 atom stereocenters. The monoisotopic (exact) mass is 298 g/mol. The lowest BCUT2D eigenvalue weighted by Crippen LogP contribution is -2.22. The van der Waals surface area contributed by atoms with Crippen molar-refractivity contribution in [1.29, 1.82) is 0 Å². The molecule has 3 nitrogen and oxygen atoms in total. The van der Waals surface area contributed by atoms with Crippen molar-refractivity contribution in [2.45, 2.75) is 0 Å². The standard InChI is InChI=1S/C20H14N2O/c23-20-19(15-9-3-1-4-10-15)21-17-13-7-8-14-18(17)22(20)16-11-5-2-6-12-16/h1-14H. The molecule has 23 heavy (non-hydrogen) atoms. The molecule has 4 rings (SSSR count). The summed E-state index contributed by atoms with van der Waals surface area (Å²) in [5, 5.41) is 0. The predicted octanol–water partition coefficient (Wildman–Crippen LogP) is 4.05. The van der Waals surface area contributed by atoms with Gasteiger partial charge in [0.1, 0.15) is 5.69 Å². The molecule has 0 N–H and O–H groups in total. The molecule has 0 fully saturated rings. The number of rotatable bonds is 2. The van der Waals surface area contributed by atoms with Crippen LogP contribution < -0.4 is 5.56 Å². The van der Waals surface area contributed by atoms with Crippen molar-refractivity contribution in [3.05, 3.63) is 95.3 Å². The highest BCUT2D eigenvalue weighted by Gasteiger charge is 2.13. The molecule has 3 aromatic carbocycles. The van der Waals surface area contributed by atoms with E-state index in [9.17, 15) is 4.79 Å². The maximum Gasteiger partial charge on any atom is 0.282 e. The van der Waals surface area contributed by atoms with Crippen LogP contribution in [0.25, 0.3) is 28.0 Å². The number of aromatic nitrogens is 2. The number of nitrogens with zero attached hydrogens (tertiary/aromatic N) is 2. The number of hydrogen-bond donors (Lipinski definition) is 0. The minimum absolute atomic E-state index is 0.110. The normalized spacial score (nSPS) is 10.8. The molecule has 0 spiro atoms. The molecule has 1 heterocycles. The quantitative estimate of drug-likeness (QED) is 0.559. The zero-order valence-corrected chi connectivity index (χ0v) is 12.4. The van der Waals surface area contributed by atoms with Crippen LogP contribution in [0.3, 0.4) is 0 Å². The fourth-order valence-electron chi connectivity index (χ4n) is 2.75. The van der Waals surface area contributed by atoms with Crippen LogP contribution in [0.5, 0.6) is 0 Å². The third-order valence-electron chi connectivity index (χ3n) is 3.82. The minimum atomic E-state index is -0.110. The van der Waals surface area contributed by atoms with Crippen LogP contribution in [-0.2, 0) is 0 Å². The van der Waals surface area contributed by atoms with Gasteiger partial charge in [0.15, 0.2) is 0 Å². The lowest BCUT2D eigenvalue weighted by molar-refractivity contribution is 1.02. The van der Waals surface area contributed by atoms with Crippen LogP contribution in [0, 0.1) is 0 Å². The molecule has 0 saturated heterocycles. The second kappa shape index (κ2) is 5.54. The second-order valence-corrected chi connectivity index (χ2v) is 5.29. The number of fused-ring (bicyclic) bond motifs is 1. The summed E-state index contributed by atoms with van der Waals surface area (Å²) >= 11 is 0. The van der Waals surface area contributed by atoms with Crippen LogP contribution in [0.4, 0.5) is 0 Å². The summed E-state index contributed by atoms with van der Waals surface area (Å²) in [6, 6.07) is 27.0.